The molecule has 1 N–H and O–H groups in total. The van der Waals surface area contributed by atoms with Crippen molar-refractivity contribution in [1.29, 1.82) is 0 Å². The highest BCUT2D eigenvalue weighted by Gasteiger charge is 2.02. The van der Waals surface area contributed by atoms with Crippen LogP contribution in [0.3, 0.4) is 0 Å². The van der Waals surface area contributed by atoms with Gasteiger partial charge in [0.25, 0.3) is 0 Å². The Kier molecular flexibility index (Phi) is 3.53. The van der Waals surface area contributed by atoms with E-state index in [-0.39, 0.29) is 0 Å². The molecular formula is C12H9IOS. The molecule has 0 radical (unpaired) electrons. The minimum absolute atomic E-state index is 0.316. The van der Waals surface area contributed by atoms with Crippen LogP contribution in [0.15, 0.2) is 58.3 Å². The molecular weight excluding hydrogens is 319 g/mol. The van der Waals surface area contributed by atoms with E-state index >= 15 is 0 Å². The van der Waals surface area contributed by atoms with Gasteiger partial charge in [0.05, 0.1) is 0 Å². The molecule has 0 bridgehead atoms. The Bertz CT molecular complexity index is 456. The van der Waals surface area contributed by atoms with Crippen molar-refractivity contribution in [3.05, 3.63) is 52.1 Å². The van der Waals surface area contributed by atoms with Crippen molar-refractivity contribution in [1.82, 2.24) is 0 Å². The summed E-state index contributed by atoms with van der Waals surface area (Å²) in [7, 11) is 0. The van der Waals surface area contributed by atoms with Gasteiger partial charge in [-0.3, -0.25) is 0 Å². The lowest BCUT2D eigenvalue weighted by atomic mass is 10.3. The van der Waals surface area contributed by atoms with Crippen molar-refractivity contribution >= 4 is 34.4 Å². The average Bonchev–Trinajstić information content (AvgIpc) is 2.24. The average molecular weight is 328 g/mol. The summed E-state index contributed by atoms with van der Waals surface area (Å²) in [5.74, 6) is 0.316. The van der Waals surface area contributed by atoms with Gasteiger partial charge in [-0.05, 0) is 52.9 Å². The van der Waals surface area contributed by atoms with E-state index in [1.807, 2.05) is 24.3 Å². The zero-order valence-corrected chi connectivity index (χ0v) is 10.8. The van der Waals surface area contributed by atoms with Crippen LogP contribution in [0.1, 0.15) is 0 Å². The van der Waals surface area contributed by atoms with Gasteiger partial charge in [-0.2, -0.15) is 0 Å². The van der Waals surface area contributed by atoms with Crippen molar-refractivity contribution in [2.75, 3.05) is 0 Å². The van der Waals surface area contributed by atoms with Crippen LogP contribution in [-0.4, -0.2) is 5.11 Å². The number of aromatic hydroxyl groups is 1. The van der Waals surface area contributed by atoms with Crippen molar-refractivity contribution in [2.45, 2.75) is 9.79 Å². The van der Waals surface area contributed by atoms with Crippen LogP contribution < -0.4 is 0 Å². The quantitative estimate of drug-likeness (QED) is 0.836. The third-order valence-corrected chi connectivity index (χ3v) is 4.23. The minimum Gasteiger partial charge on any atom is -0.508 e. The maximum absolute atomic E-state index is 9.29. The highest BCUT2D eigenvalue weighted by atomic mass is 127. The van der Waals surface area contributed by atoms with Gasteiger partial charge in [0.15, 0.2) is 0 Å². The molecule has 0 spiro atoms. The van der Waals surface area contributed by atoms with Gasteiger partial charge >= 0.3 is 0 Å². The molecule has 76 valence electrons. The lowest BCUT2D eigenvalue weighted by Crippen LogP contribution is -1.78. The molecule has 0 fully saturated rings. The van der Waals surface area contributed by atoms with Crippen LogP contribution in [-0.2, 0) is 0 Å². The summed E-state index contributed by atoms with van der Waals surface area (Å²) in [6.07, 6.45) is 0. The van der Waals surface area contributed by atoms with Gasteiger partial charge < -0.3 is 5.11 Å². The lowest BCUT2D eigenvalue weighted by molar-refractivity contribution is 0.474. The van der Waals surface area contributed by atoms with Gasteiger partial charge in [0.1, 0.15) is 5.75 Å². The van der Waals surface area contributed by atoms with Crippen molar-refractivity contribution in [3.8, 4) is 5.75 Å². The standard InChI is InChI=1S/C12H9IOS/c13-11-8-9(14)6-7-12(11)15-10-4-2-1-3-5-10/h1-8,14H. The maximum atomic E-state index is 9.29. The summed E-state index contributed by atoms with van der Waals surface area (Å²) in [4.78, 5) is 2.38. The largest absolute Gasteiger partial charge is 0.508 e. The molecule has 2 rings (SSSR count). The van der Waals surface area contributed by atoms with Crippen LogP contribution in [0.25, 0.3) is 0 Å². The Balaban J connectivity index is 2.25. The van der Waals surface area contributed by atoms with Crippen LogP contribution >= 0.6 is 34.4 Å². The topological polar surface area (TPSA) is 20.2 Å². The first-order valence-corrected chi connectivity index (χ1v) is 6.36. The zero-order chi connectivity index (χ0) is 10.7. The Morgan fingerprint density at radius 1 is 1.00 bits per heavy atom. The third kappa shape index (κ3) is 2.89. The number of hydrogen-bond acceptors (Lipinski definition) is 2. The highest BCUT2D eigenvalue weighted by molar-refractivity contribution is 14.1. The van der Waals surface area contributed by atoms with E-state index in [1.54, 1.807) is 23.9 Å². The molecule has 0 aromatic heterocycles. The second-order valence-corrected chi connectivity index (χ2v) is 5.31. The van der Waals surface area contributed by atoms with E-state index in [9.17, 15) is 5.11 Å². The number of hydrogen-bond donors (Lipinski definition) is 1. The summed E-state index contributed by atoms with van der Waals surface area (Å²) >= 11 is 3.94. The van der Waals surface area contributed by atoms with E-state index in [2.05, 4.69) is 34.7 Å². The molecule has 1 nitrogen and oxygen atoms in total. The molecule has 0 amide bonds. The van der Waals surface area contributed by atoms with E-state index in [4.69, 9.17) is 0 Å². The number of benzene rings is 2. The molecule has 0 heterocycles. The predicted octanol–water partition coefficient (Wildman–Crippen LogP) is 4.15. The monoisotopic (exact) mass is 328 g/mol. The molecule has 2 aromatic carbocycles. The summed E-state index contributed by atoms with van der Waals surface area (Å²) < 4.78 is 1.07. The molecule has 0 atom stereocenters. The van der Waals surface area contributed by atoms with E-state index in [0.717, 1.165) is 3.57 Å². The maximum Gasteiger partial charge on any atom is 0.116 e. The van der Waals surface area contributed by atoms with E-state index < -0.39 is 0 Å². The second-order valence-electron chi connectivity index (χ2n) is 3.03. The Morgan fingerprint density at radius 3 is 2.40 bits per heavy atom. The first-order chi connectivity index (χ1) is 7.25. The van der Waals surface area contributed by atoms with Crippen LogP contribution in [0, 0.1) is 3.57 Å². The summed E-state index contributed by atoms with van der Waals surface area (Å²) in [5, 5.41) is 9.29. The molecule has 0 unspecified atom stereocenters. The fourth-order valence-electron chi connectivity index (χ4n) is 1.19. The van der Waals surface area contributed by atoms with Gasteiger partial charge in [-0.15, -0.1) is 0 Å². The zero-order valence-electron chi connectivity index (χ0n) is 7.85. The van der Waals surface area contributed by atoms with Crippen LogP contribution in [0.2, 0.25) is 0 Å². The van der Waals surface area contributed by atoms with E-state index in [0.29, 0.717) is 5.75 Å². The van der Waals surface area contributed by atoms with Crippen LogP contribution in [0.5, 0.6) is 5.75 Å². The number of rotatable bonds is 2. The Hall–Kier alpha value is -0.680. The first-order valence-electron chi connectivity index (χ1n) is 4.47. The number of phenolic OH excluding ortho intramolecular Hbond substituents is 1. The summed E-state index contributed by atoms with van der Waals surface area (Å²) in [6.45, 7) is 0. The molecule has 0 saturated heterocycles. The van der Waals surface area contributed by atoms with Gasteiger partial charge in [-0.1, -0.05) is 30.0 Å². The summed E-state index contributed by atoms with van der Waals surface area (Å²) in [6, 6.07) is 15.6. The van der Waals surface area contributed by atoms with Gasteiger partial charge in [0.2, 0.25) is 0 Å². The Morgan fingerprint density at radius 2 is 1.73 bits per heavy atom. The molecule has 0 saturated carbocycles. The fourth-order valence-corrected chi connectivity index (χ4v) is 2.86. The molecule has 0 aliphatic carbocycles. The predicted molar refractivity (Wildman–Crippen MR) is 71.4 cm³/mol. The molecule has 0 aliphatic heterocycles. The van der Waals surface area contributed by atoms with Crippen LogP contribution in [0.4, 0.5) is 0 Å². The molecule has 3 heteroatoms. The Labute approximate surface area is 107 Å². The number of halogens is 1. The first kappa shape index (κ1) is 10.8. The second kappa shape index (κ2) is 4.90. The third-order valence-electron chi connectivity index (χ3n) is 1.89. The van der Waals surface area contributed by atoms with Gasteiger partial charge in [0, 0.05) is 13.4 Å². The molecule has 0 aliphatic rings. The minimum atomic E-state index is 0.316. The lowest BCUT2D eigenvalue weighted by Gasteiger charge is -2.04. The number of phenols is 1. The van der Waals surface area contributed by atoms with E-state index in [1.165, 1.54) is 9.79 Å². The summed E-state index contributed by atoms with van der Waals surface area (Å²) in [5.41, 5.74) is 0. The molecule has 15 heavy (non-hydrogen) atoms. The smallest absolute Gasteiger partial charge is 0.116 e. The normalized spacial score (nSPS) is 10.2. The van der Waals surface area contributed by atoms with Crippen molar-refractivity contribution in [2.24, 2.45) is 0 Å². The molecule has 2 aromatic rings. The van der Waals surface area contributed by atoms with Crippen molar-refractivity contribution in [3.63, 3.8) is 0 Å². The fraction of sp³-hybridized carbons (Fsp3) is 0. The SMILES string of the molecule is Oc1ccc(Sc2ccccc2)c(I)c1. The highest BCUT2D eigenvalue weighted by Crippen LogP contribution is 2.32. The van der Waals surface area contributed by atoms with Crippen molar-refractivity contribution < 1.29 is 5.11 Å². The van der Waals surface area contributed by atoms with Gasteiger partial charge in [-0.25, -0.2) is 0 Å².